The van der Waals surface area contributed by atoms with Crippen molar-refractivity contribution in [3.05, 3.63) is 64.5 Å². The van der Waals surface area contributed by atoms with Crippen LogP contribution in [0.15, 0.2) is 64.1 Å². The lowest BCUT2D eigenvalue weighted by molar-refractivity contribution is 0.416. The Balaban J connectivity index is 1.85. The summed E-state index contributed by atoms with van der Waals surface area (Å²) in [5.74, 6) is 0.828. The van der Waals surface area contributed by atoms with Gasteiger partial charge in [0.2, 0.25) is 4.80 Å². The van der Waals surface area contributed by atoms with Gasteiger partial charge < -0.3 is 4.74 Å². The molecule has 0 saturated heterocycles. The fourth-order valence-corrected chi connectivity index (χ4v) is 4.56. The molecule has 0 bridgehead atoms. The highest BCUT2D eigenvalue weighted by Gasteiger charge is 2.16. The first-order valence-corrected chi connectivity index (χ1v) is 11.0. The van der Waals surface area contributed by atoms with Crippen molar-refractivity contribution in [1.29, 1.82) is 0 Å². The number of hydrogen-bond acceptors (Lipinski definition) is 5. The molecule has 0 unspecified atom stereocenters. The summed E-state index contributed by atoms with van der Waals surface area (Å²) in [6.07, 6.45) is 7.95. The molecule has 0 N–H and O–H groups in total. The lowest BCUT2D eigenvalue weighted by atomic mass is 9.96. The van der Waals surface area contributed by atoms with Gasteiger partial charge in [0, 0.05) is 17.1 Å². The predicted molar refractivity (Wildman–Crippen MR) is 119 cm³/mol. The molecule has 0 spiro atoms. The summed E-state index contributed by atoms with van der Waals surface area (Å²) in [5.41, 5.74) is 3.71. The molecule has 1 aliphatic rings. The van der Waals surface area contributed by atoms with Crippen molar-refractivity contribution in [2.45, 2.75) is 45.1 Å². The van der Waals surface area contributed by atoms with Crippen molar-refractivity contribution in [2.75, 3.05) is 7.11 Å². The van der Waals surface area contributed by atoms with Crippen LogP contribution in [0.1, 0.15) is 44.7 Å². The summed E-state index contributed by atoms with van der Waals surface area (Å²) < 4.78 is 7.56. The minimum Gasteiger partial charge on any atom is -0.496 e. The zero-order valence-electron chi connectivity index (χ0n) is 16.9. The van der Waals surface area contributed by atoms with Gasteiger partial charge in [0.15, 0.2) is 0 Å². The summed E-state index contributed by atoms with van der Waals surface area (Å²) in [6, 6.07) is 14.3. The molecule has 150 valence electrons. The molecule has 0 radical (unpaired) electrons. The quantitative estimate of drug-likeness (QED) is 0.552. The van der Waals surface area contributed by atoms with E-state index in [2.05, 4.69) is 16.4 Å². The van der Waals surface area contributed by atoms with Crippen molar-refractivity contribution in [1.82, 2.24) is 9.66 Å². The fourth-order valence-electron chi connectivity index (χ4n) is 3.67. The summed E-state index contributed by atoms with van der Waals surface area (Å²) in [6.45, 7) is 1.99. The zero-order valence-corrected chi connectivity index (χ0v) is 17.7. The molecule has 1 aromatic carbocycles. The van der Waals surface area contributed by atoms with Gasteiger partial charge in [-0.2, -0.15) is 5.10 Å². The average Bonchev–Trinajstić information content (AvgIpc) is 3.16. The number of rotatable bonds is 5. The van der Waals surface area contributed by atoms with Crippen molar-refractivity contribution in [3.63, 3.8) is 0 Å². The Bertz CT molecular complexity index is 1050. The van der Waals surface area contributed by atoms with Crippen LogP contribution in [0.25, 0.3) is 11.3 Å². The van der Waals surface area contributed by atoms with Crippen LogP contribution in [-0.2, 0) is 0 Å². The molecule has 0 amide bonds. The molecule has 0 atom stereocenters. The summed E-state index contributed by atoms with van der Waals surface area (Å²) >= 11 is 1.63. The van der Waals surface area contributed by atoms with Crippen LogP contribution in [0.3, 0.4) is 0 Å². The highest BCUT2D eigenvalue weighted by atomic mass is 32.1. The Morgan fingerprint density at radius 1 is 1.10 bits per heavy atom. The van der Waals surface area contributed by atoms with E-state index in [0.29, 0.717) is 6.04 Å². The third kappa shape index (κ3) is 4.48. The number of pyridine rings is 1. The molecular formula is C23H26N4OS. The number of hydrogen-bond donors (Lipinski definition) is 0. The van der Waals surface area contributed by atoms with E-state index in [1.807, 2.05) is 48.0 Å². The van der Waals surface area contributed by atoms with Crippen LogP contribution < -0.4 is 9.54 Å². The minimum atomic E-state index is 0.379. The molecular weight excluding hydrogens is 380 g/mol. The Hall–Kier alpha value is -2.73. The van der Waals surface area contributed by atoms with Crippen molar-refractivity contribution in [3.8, 4) is 17.0 Å². The lowest BCUT2D eigenvalue weighted by Crippen LogP contribution is -2.20. The molecule has 6 heteroatoms. The second kappa shape index (κ2) is 9.18. The van der Waals surface area contributed by atoms with E-state index in [9.17, 15) is 0 Å². The van der Waals surface area contributed by atoms with E-state index in [-0.39, 0.29) is 0 Å². The normalized spacial score (nSPS) is 16.2. The van der Waals surface area contributed by atoms with Crippen LogP contribution in [0.4, 0.5) is 0 Å². The lowest BCUT2D eigenvalue weighted by Gasteiger charge is -2.17. The molecule has 2 aromatic heterocycles. The fraction of sp³-hybridized carbons (Fsp3) is 0.348. The van der Waals surface area contributed by atoms with Gasteiger partial charge in [0.1, 0.15) is 5.75 Å². The van der Waals surface area contributed by atoms with Gasteiger partial charge in [0.25, 0.3) is 0 Å². The first kappa shape index (κ1) is 19.6. The number of nitrogens with zero attached hydrogens (tertiary/aromatic N) is 4. The maximum absolute atomic E-state index is 5.60. The third-order valence-electron chi connectivity index (χ3n) is 5.22. The van der Waals surface area contributed by atoms with Crippen molar-refractivity contribution >= 4 is 17.0 Å². The van der Waals surface area contributed by atoms with Crippen LogP contribution in [-0.4, -0.2) is 28.5 Å². The van der Waals surface area contributed by atoms with Crippen LogP contribution >= 0.6 is 11.3 Å². The first-order valence-electron chi connectivity index (χ1n) is 10.1. The molecule has 2 heterocycles. The third-order valence-corrected chi connectivity index (χ3v) is 6.05. The Morgan fingerprint density at radius 2 is 1.90 bits per heavy atom. The first-order chi connectivity index (χ1) is 14.3. The van der Waals surface area contributed by atoms with E-state index in [0.717, 1.165) is 46.1 Å². The maximum atomic E-state index is 5.60. The van der Waals surface area contributed by atoms with Crippen molar-refractivity contribution in [2.24, 2.45) is 10.1 Å². The molecule has 1 aliphatic carbocycles. The molecule has 1 saturated carbocycles. The van der Waals surface area contributed by atoms with Crippen molar-refractivity contribution < 1.29 is 4.74 Å². The average molecular weight is 407 g/mol. The Kier molecular flexibility index (Phi) is 6.20. The van der Waals surface area contributed by atoms with Crippen LogP contribution in [0.2, 0.25) is 0 Å². The highest BCUT2D eigenvalue weighted by molar-refractivity contribution is 7.07. The minimum absolute atomic E-state index is 0.379. The second-order valence-electron chi connectivity index (χ2n) is 7.24. The second-order valence-corrected chi connectivity index (χ2v) is 8.07. The Labute approximate surface area is 175 Å². The van der Waals surface area contributed by atoms with E-state index in [4.69, 9.17) is 14.8 Å². The molecule has 1 fully saturated rings. The number of aromatic nitrogens is 2. The largest absolute Gasteiger partial charge is 0.496 e. The molecule has 0 aliphatic heterocycles. The monoisotopic (exact) mass is 406 g/mol. The number of ether oxygens (including phenoxy) is 1. The van der Waals surface area contributed by atoms with Gasteiger partial charge in [0.05, 0.1) is 30.3 Å². The smallest absolute Gasteiger partial charge is 0.206 e. The molecule has 4 rings (SSSR count). The van der Waals surface area contributed by atoms with E-state index in [1.54, 1.807) is 24.6 Å². The molecule has 29 heavy (non-hydrogen) atoms. The maximum Gasteiger partial charge on any atom is 0.206 e. The van der Waals surface area contributed by atoms with Crippen LogP contribution in [0, 0.1) is 0 Å². The summed E-state index contributed by atoms with van der Waals surface area (Å²) in [5, 5.41) is 7.06. The van der Waals surface area contributed by atoms with E-state index < -0.39 is 0 Å². The number of benzene rings is 1. The van der Waals surface area contributed by atoms with Gasteiger partial charge in [-0.15, -0.1) is 11.3 Å². The van der Waals surface area contributed by atoms with Gasteiger partial charge in [-0.25, -0.2) is 4.68 Å². The number of methoxy groups -OCH3 is 1. The number of thiazole rings is 1. The van der Waals surface area contributed by atoms with E-state index >= 15 is 0 Å². The predicted octanol–water partition coefficient (Wildman–Crippen LogP) is 5.13. The Morgan fingerprint density at radius 3 is 2.66 bits per heavy atom. The summed E-state index contributed by atoms with van der Waals surface area (Å²) in [7, 11) is 1.70. The molecule has 3 aromatic rings. The topological polar surface area (TPSA) is 51.8 Å². The zero-order chi connectivity index (χ0) is 20.1. The van der Waals surface area contributed by atoms with Gasteiger partial charge in [-0.1, -0.05) is 37.5 Å². The van der Waals surface area contributed by atoms with Gasteiger partial charge >= 0.3 is 0 Å². The number of para-hydroxylation sites is 1. The SMILES string of the molecule is COc1ccccc1-c1csc(=NC2CCCCC2)n1N=C(C)c1ccccn1. The van der Waals surface area contributed by atoms with Crippen LogP contribution in [0.5, 0.6) is 5.75 Å². The molecule has 5 nitrogen and oxygen atoms in total. The highest BCUT2D eigenvalue weighted by Crippen LogP contribution is 2.30. The standard InChI is InChI=1S/C23H26N4OS/c1-17(20-13-8-9-15-24-20)26-27-21(19-12-6-7-14-22(19)28-2)16-29-23(27)25-18-10-4-3-5-11-18/h6-9,12-16,18H,3-5,10-11H2,1-2H3. The van der Waals surface area contributed by atoms with E-state index in [1.165, 1.54) is 19.3 Å². The van der Waals surface area contributed by atoms with Gasteiger partial charge in [-0.3, -0.25) is 9.98 Å². The summed E-state index contributed by atoms with van der Waals surface area (Å²) in [4.78, 5) is 10.4. The van der Waals surface area contributed by atoms with Gasteiger partial charge in [-0.05, 0) is 44.0 Å².